The standard InChI is InChI=1S/C27H28N2/c1-5-12-20(13-6-2)24-19(3)27(4)18-28-26(22-16-10-11-17-23(22)27)25(29-24)21-14-8-7-9-15-21/h5-17,19,28H,1,18H2,2-4H3/b13-6-,20-12+,26-25-,29-24-. The van der Waals surface area contributed by atoms with Gasteiger partial charge in [0.25, 0.3) is 0 Å². The van der Waals surface area contributed by atoms with Crippen LogP contribution in [0, 0.1) is 5.92 Å². The second-order valence-electron chi connectivity index (χ2n) is 7.98. The maximum atomic E-state index is 5.32. The first-order valence-corrected chi connectivity index (χ1v) is 10.3. The van der Waals surface area contributed by atoms with E-state index >= 15 is 0 Å². The quantitative estimate of drug-likeness (QED) is 0.632. The van der Waals surface area contributed by atoms with Gasteiger partial charge in [-0.25, -0.2) is 4.99 Å². The highest BCUT2D eigenvalue weighted by atomic mass is 15.0. The summed E-state index contributed by atoms with van der Waals surface area (Å²) in [6.07, 6.45) is 8.14. The Hall–Kier alpha value is -3.13. The van der Waals surface area contributed by atoms with Gasteiger partial charge in [0.1, 0.15) is 0 Å². The SMILES string of the molecule is C=C/C=C(\C=C/C)C1=N\C(c2ccccc2)=C2/NCC(C)(c3ccccc32)C\1C. The van der Waals surface area contributed by atoms with Crippen molar-refractivity contribution in [2.75, 3.05) is 6.54 Å². The monoisotopic (exact) mass is 380 g/mol. The van der Waals surface area contributed by atoms with E-state index in [2.05, 4.69) is 92.5 Å². The van der Waals surface area contributed by atoms with Crippen molar-refractivity contribution < 1.29 is 0 Å². The summed E-state index contributed by atoms with van der Waals surface area (Å²) in [6.45, 7) is 11.5. The molecule has 0 saturated carbocycles. The zero-order valence-electron chi connectivity index (χ0n) is 17.4. The van der Waals surface area contributed by atoms with Crippen molar-refractivity contribution in [2.45, 2.75) is 26.2 Å². The molecule has 0 saturated heterocycles. The zero-order chi connectivity index (χ0) is 20.4. The van der Waals surface area contributed by atoms with Gasteiger partial charge in [-0.15, -0.1) is 0 Å². The summed E-state index contributed by atoms with van der Waals surface area (Å²) in [6, 6.07) is 19.3. The van der Waals surface area contributed by atoms with Gasteiger partial charge in [0, 0.05) is 29.0 Å². The molecule has 3 heterocycles. The molecular weight excluding hydrogens is 352 g/mol. The summed E-state index contributed by atoms with van der Waals surface area (Å²) in [5.41, 5.74) is 8.07. The van der Waals surface area contributed by atoms with Crippen molar-refractivity contribution in [3.63, 3.8) is 0 Å². The topological polar surface area (TPSA) is 24.4 Å². The maximum Gasteiger partial charge on any atom is 0.0943 e. The van der Waals surface area contributed by atoms with Gasteiger partial charge in [-0.1, -0.05) is 99.3 Å². The van der Waals surface area contributed by atoms with Crippen LogP contribution >= 0.6 is 0 Å². The lowest BCUT2D eigenvalue weighted by atomic mass is 9.65. The van der Waals surface area contributed by atoms with Gasteiger partial charge in [0.2, 0.25) is 0 Å². The Morgan fingerprint density at radius 1 is 1.14 bits per heavy atom. The van der Waals surface area contributed by atoms with Crippen LogP contribution in [0.15, 0.2) is 96.0 Å². The van der Waals surface area contributed by atoms with Crippen LogP contribution in [0.3, 0.4) is 0 Å². The number of benzene rings is 2. The lowest BCUT2D eigenvalue weighted by molar-refractivity contribution is 0.372. The summed E-state index contributed by atoms with van der Waals surface area (Å²) >= 11 is 0. The molecule has 2 bridgehead atoms. The summed E-state index contributed by atoms with van der Waals surface area (Å²) < 4.78 is 0. The van der Waals surface area contributed by atoms with Gasteiger partial charge >= 0.3 is 0 Å². The molecule has 0 amide bonds. The van der Waals surface area contributed by atoms with Crippen LogP contribution in [0.4, 0.5) is 0 Å². The zero-order valence-corrected chi connectivity index (χ0v) is 17.4. The molecule has 0 aromatic heterocycles. The second kappa shape index (κ2) is 7.71. The number of allylic oxidation sites excluding steroid dienone is 5. The Balaban J connectivity index is 2.08. The van der Waals surface area contributed by atoms with E-state index < -0.39 is 0 Å². The van der Waals surface area contributed by atoms with Crippen molar-refractivity contribution in [1.82, 2.24) is 5.32 Å². The molecule has 2 aromatic rings. The fourth-order valence-corrected chi connectivity index (χ4v) is 4.49. The molecule has 146 valence electrons. The maximum absolute atomic E-state index is 5.32. The van der Waals surface area contributed by atoms with Gasteiger partial charge in [0.05, 0.1) is 17.1 Å². The van der Waals surface area contributed by atoms with Gasteiger partial charge in [-0.05, 0) is 18.1 Å². The van der Waals surface area contributed by atoms with Gasteiger partial charge < -0.3 is 5.32 Å². The molecule has 2 unspecified atom stereocenters. The summed E-state index contributed by atoms with van der Waals surface area (Å²) in [5.74, 6) is 0.221. The van der Waals surface area contributed by atoms with E-state index in [1.165, 1.54) is 11.1 Å². The lowest BCUT2D eigenvalue weighted by Gasteiger charge is -2.45. The minimum Gasteiger partial charge on any atom is -0.382 e. The number of aliphatic imine (C=N–C) groups is 1. The van der Waals surface area contributed by atoms with Gasteiger partial charge in [0.15, 0.2) is 0 Å². The fraction of sp³-hybridized carbons (Fsp3) is 0.222. The normalized spacial score (nSPS) is 28.2. The molecule has 2 nitrogen and oxygen atoms in total. The Labute approximate surface area is 174 Å². The number of nitrogens with zero attached hydrogens (tertiary/aromatic N) is 1. The lowest BCUT2D eigenvalue weighted by Crippen LogP contribution is -2.48. The highest BCUT2D eigenvalue weighted by Crippen LogP contribution is 2.45. The van der Waals surface area contributed by atoms with Crippen LogP contribution in [-0.4, -0.2) is 12.3 Å². The van der Waals surface area contributed by atoms with Gasteiger partial charge in [-0.2, -0.15) is 0 Å². The Bertz CT molecular complexity index is 1050. The van der Waals surface area contributed by atoms with E-state index in [1.54, 1.807) is 0 Å². The van der Waals surface area contributed by atoms with E-state index in [0.717, 1.165) is 34.8 Å². The molecule has 2 atom stereocenters. The largest absolute Gasteiger partial charge is 0.382 e. The molecule has 2 heteroatoms. The van der Waals surface area contributed by atoms with Crippen molar-refractivity contribution in [3.8, 4) is 0 Å². The minimum absolute atomic E-state index is 0.0526. The summed E-state index contributed by atoms with van der Waals surface area (Å²) in [7, 11) is 0. The molecule has 0 radical (unpaired) electrons. The van der Waals surface area contributed by atoms with Crippen LogP contribution in [0.1, 0.15) is 37.5 Å². The molecule has 0 aliphatic carbocycles. The van der Waals surface area contributed by atoms with Crippen molar-refractivity contribution in [3.05, 3.63) is 108 Å². The van der Waals surface area contributed by atoms with Gasteiger partial charge in [-0.3, -0.25) is 0 Å². The predicted molar refractivity (Wildman–Crippen MR) is 125 cm³/mol. The van der Waals surface area contributed by atoms with Crippen molar-refractivity contribution in [1.29, 1.82) is 0 Å². The third kappa shape index (κ3) is 3.19. The molecular formula is C27H28N2. The number of hydrogen-bond donors (Lipinski definition) is 1. The highest BCUT2D eigenvalue weighted by molar-refractivity contribution is 6.10. The van der Waals surface area contributed by atoms with Crippen molar-refractivity contribution >= 4 is 17.1 Å². The molecule has 3 aliphatic rings. The Morgan fingerprint density at radius 2 is 1.86 bits per heavy atom. The number of rotatable bonds is 4. The van der Waals surface area contributed by atoms with Crippen LogP contribution in [-0.2, 0) is 5.41 Å². The van der Waals surface area contributed by atoms with E-state index in [9.17, 15) is 0 Å². The smallest absolute Gasteiger partial charge is 0.0943 e. The molecule has 3 aliphatic heterocycles. The Kier molecular flexibility index (Phi) is 5.10. The van der Waals surface area contributed by atoms with E-state index in [-0.39, 0.29) is 11.3 Å². The van der Waals surface area contributed by atoms with Crippen LogP contribution < -0.4 is 5.32 Å². The van der Waals surface area contributed by atoms with Crippen LogP contribution in [0.2, 0.25) is 0 Å². The average molecular weight is 381 g/mol. The molecule has 0 fully saturated rings. The number of nitrogens with one attached hydrogen (secondary N) is 1. The molecule has 1 N–H and O–H groups in total. The first-order valence-electron chi connectivity index (χ1n) is 10.3. The van der Waals surface area contributed by atoms with Crippen molar-refractivity contribution in [2.24, 2.45) is 10.9 Å². The third-order valence-corrected chi connectivity index (χ3v) is 6.27. The molecule has 29 heavy (non-hydrogen) atoms. The molecule has 0 spiro atoms. The van der Waals surface area contributed by atoms with E-state index in [0.29, 0.717) is 0 Å². The second-order valence-corrected chi connectivity index (χ2v) is 7.98. The van der Waals surface area contributed by atoms with Crippen LogP contribution in [0.25, 0.3) is 11.4 Å². The summed E-state index contributed by atoms with van der Waals surface area (Å²) in [4.78, 5) is 5.32. The Morgan fingerprint density at radius 3 is 2.59 bits per heavy atom. The van der Waals surface area contributed by atoms with E-state index in [4.69, 9.17) is 4.99 Å². The van der Waals surface area contributed by atoms with E-state index in [1.807, 2.05) is 19.1 Å². The van der Waals surface area contributed by atoms with Crippen LogP contribution in [0.5, 0.6) is 0 Å². The minimum atomic E-state index is -0.0526. The average Bonchev–Trinajstić information content (AvgIpc) is 2.75. The summed E-state index contributed by atoms with van der Waals surface area (Å²) in [5, 5.41) is 3.74. The third-order valence-electron chi connectivity index (χ3n) is 6.27. The predicted octanol–water partition coefficient (Wildman–Crippen LogP) is 6.15. The first kappa shape index (κ1) is 19.2. The number of hydrogen-bond acceptors (Lipinski definition) is 2. The first-order chi connectivity index (χ1) is 14.1. The molecule has 2 aromatic carbocycles. The number of fused-ring (bicyclic) bond motifs is 3. The highest BCUT2D eigenvalue weighted by Gasteiger charge is 2.43. The molecule has 5 rings (SSSR count). The fourth-order valence-electron chi connectivity index (χ4n) is 4.49.